The molecule has 5 rings (SSSR count). The number of rotatable bonds is 13. The van der Waals surface area contributed by atoms with Crippen molar-refractivity contribution in [2.75, 3.05) is 13.2 Å². The Labute approximate surface area is 256 Å². The van der Waals surface area contributed by atoms with E-state index < -0.39 is 49.2 Å². The predicted molar refractivity (Wildman–Crippen MR) is 165 cm³/mol. The molecule has 1 aliphatic carbocycles. The number of benzene rings is 2. The Balaban J connectivity index is 1.27. The molecule has 0 amide bonds. The van der Waals surface area contributed by atoms with Crippen LogP contribution in [0.2, 0.25) is 0 Å². The van der Waals surface area contributed by atoms with Gasteiger partial charge in [0.25, 0.3) is 5.56 Å². The smallest absolute Gasteiger partial charge is 0.383 e. The Hall–Kier alpha value is -2.22. The second kappa shape index (κ2) is 12.6. The van der Waals surface area contributed by atoms with Crippen LogP contribution in [0.3, 0.4) is 0 Å². The van der Waals surface area contributed by atoms with E-state index in [-0.39, 0.29) is 24.3 Å². The van der Waals surface area contributed by atoms with Crippen molar-refractivity contribution in [3.8, 4) is 0 Å². The van der Waals surface area contributed by atoms with Gasteiger partial charge in [-0.15, -0.1) is 0 Å². The van der Waals surface area contributed by atoms with E-state index in [0.717, 1.165) is 32.9 Å². The molecular formula is C29H35FN3O7PS2. The molecule has 10 nitrogen and oxygen atoms in total. The quantitative estimate of drug-likeness (QED) is 0.172. The van der Waals surface area contributed by atoms with Gasteiger partial charge in [-0.2, -0.15) is 0 Å². The molecule has 0 radical (unpaired) electrons. The van der Waals surface area contributed by atoms with Crippen molar-refractivity contribution in [1.82, 2.24) is 14.6 Å². The molecule has 2 heterocycles. The van der Waals surface area contributed by atoms with Gasteiger partial charge in [-0.05, 0) is 23.6 Å². The van der Waals surface area contributed by atoms with E-state index in [9.17, 15) is 19.3 Å². The Morgan fingerprint density at radius 1 is 1.14 bits per heavy atom. The number of aliphatic hydroxyl groups is 1. The van der Waals surface area contributed by atoms with Crippen molar-refractivity contribution < 1.29 is 27.8 Å². The van der Waals surface area contributed by atoms with Crippen molar-refractivity contribution in [2.24, 2.45) is 0 Å². The average Bonchev–Trinajstić information content (AvgIpc) is 3.46. The Morgan fingerprint density at radius 2 is 1.86 bits per heavy atom. The van der Waals surface area contributed by atoms with Crippen LogP contribution in [0, 0.1) is 0 Å². The van der Waals surface area contributed by atoms with Crippen molar-refractivity contribution in [1.29, 1.82) is 0 Å². The molecule has 43 heavy (non-hydrogen) atoms. The standard InChI is InChI=1S/C29H35FN3O7PS2/c1-27(2,3)43-42-22-12-8-7-11-21(22)14-16-38-41(37,31-17-20-9-5-4-6-10-20)39-18-23-29(36)19-28(29,30)25(40-23)33-15-13-24(34)32-26(33)35/h4-13,15,23,25,36H,14,16-19H2,1-3H3,(H,31,37)(H,32,34,35)/t23-,25?,28+,29-,41-/m1/s1. The van der Waals surface area contributed by atoms with Gasteiger partial charge in [-0.1, -0.05) is 90.9 Å². The fourth-order valence-corrected chi connectivity index (χ4v) is 8.35. The van der Waals surface area contributed by atoms with Crippen molar-refractivity contribution >= 4 is 29.3 Å². The number of aromatic nitrogens is 2. The van der Waals surface area contributed by atoms with Gasteiger partial charge < -0.3 is 9.84 Å². The number of fused-ring (bicyclic) bond motifs is 1. The summed E-state index contributed by atoms with van der Waals surface area (Å²) in [6, 6.07) is 18.3. The minimum Gasteiger partial charge on any atom is -0.383 e. The van der Waals surface area contributed by atoms with Gasteiger partial charge in [0, 0.05) is 34.9 Å². The second-order valence-corrected chi connectivity index (χ2v) is 16.4. The molecule has 1 saturated heterocycles. The molecule has 1 unspecified atom stereocenters. The molecule has 2 fully saturated rings. The first kappa shape index (κ1) is 32.2. The summed E-state index contributed by atoms with van der Waals surface area (Å²) in [5, 5.41) is 13.9. The first-order valence-electron chi connectivity index (χ1n) is 13.8. The summed E-state index contributed by atoms with van der Waals surface area (Å²) < 4.78 is 47.9. The molecule has 1 aromatic heterocycles. The topological polar surface area (TPSA) is 132 Å². The maximum atomic E-state index is 15.7. The summed E-state index contributed by atoms with van der Waals surface area (Å²) in [5.41, 5.74) is -3.88. The van der Waals surface area contributed by atoms with Gasteiger partial charge in [0.2, 0.25) is 0 Å². The average molecular weight is 652 g/mol. The second-order valence-electron chi connectivity index (χ2n) is 11.5. The normalized spacial score (nSPS) is 26.2. The van der Waals surface area contributed by atoms with Crippen LogP contribution in [0.4, 0.5) is 4.39 Å². The van der Waals surface area contributed by atoms with Crippen LogP contribution in [0.5, 0.6) is 0 Å². The van der Waals surface area contributed by atoms with E-state index in [1.165, 1.54) is 0 Å². The number of alkyl halides is 1. The number of aromatic amines is 1. The van der Waals surface area contributed by atoms with Crippen LogP contribution in [0.1, 0.15) is 44.5 Å². The molecule has 1 aliphatic heterocycles. The number of halogens is 1. The molecule has 1 saturated carbocycles. The molecule has 0 spiro atoms. The third kappa shape index (κ3) is 7.37. The van der Waals surface area contributed by atoms with Crippen LogP contribution in [0.15, 0.2) is 81.3 Å². The largest absolute Gasteiger partial charge is 0.405 e. The highest BCUT2D eigenvalue weighted by molar-refractivity contribution is 8.77. The van der Waals surface area contributed by atoms with Crippen LogP contribution < -0.4 is 16.3 Å². The number of nitrogens with zero attached hydrogens (tertiary/aromatic N) is 1. The van der Waals surface area contributed by atoms with E-state index in [1.807, 2.05) is 54.6 Å². The van der Waals surface area contributed by atoms with Gasteiger partial charge in [0.15, 0.2) is 11.9 Å². The van der Waals surface area contributed by atoms with Crippen molar-refractivity contribution in [3.63, 3.8) is 0 Å². The highest BCUT2D eigenvalue weighted by atomic mass is 33.1. The number of hydrogen-bond donors (Lipinski definition) is 3. The van der Waals surface area contributed by atoms with E-state index in [4.69, 9.17) is 13.8 Å². The third-order valence-electron chi connectivity index (χ3n) is 7.14. The minimum absolute atomic E-state index is 0.0643. The molecule has 0 bridgehead atoms. The molecule has 2 aliphatic rings. The predicted octanol–water partition coefficient (Wildman–Crippen LogP) is 4.99. The molecule has 3 N–H and O–H groups in total. The summed E-state index contributed by atoms with van der Waals surface area (Å²) in [6.07, 6.45) is -1.48. The lowest BCUT2D eigenvalue weighted by Crippen LogP contribution is -2.36. The first-order valence-corrected chi connectivity index (χ1v) is 17.5. The lowest BCUT2D eigenvalue weighted by Gasteiger charge is -2.24. The lowest BCUT2D eigenvalue weighted by molar-refractivity contribution is -0.0864. The summed E-state index contributed by atoms with van der Waals surface area (Å²) >= 11 is 0. The zero-order valence-electron chi connectivity index (χ0n) is 24.0. The maximum Gasteiger partial charge on any atom is 0.405 e. The number of hydrogen-bond acceptors (Lipinski definition) is 9. The Kier molecular flexibility index (Phi) is 9.46. The SMILES string of the molecule is CC(C)(C)SSc1ccccc1CCO[P@](=O)(NCc1ccccc1)OC[C@H]1OC(n2ccc(=O)[nH]c2=O)[C@@]2(F)C[C@@]12O. The Bertz CT molecular complexity index is 1600. The number of ether oxygens (including phenoxy) is 1. The van der Waals surface area contributed by atoms with E-state index >= 15 is 4.39 Å². The number of H-pyrrole nitrogens is 1. The molecular weight excluding hydrogens is 616 g/mol. The van der Waals surface area contributed by atoms with Crippen LogP contribution >= 0.6 is 29.3 Å². The van der Waals surface area contributed by atoms with Gasteiger partial charge >= 0.3 is 13.4 Å². The van der Waals surface area contributed by atoms with E-state index in [0.29, 0.717) is 6.42 Å². The van der Waals surface area contributed by atoms with Crippen molar-refractivity contribution in [2.45, 2.75) is 73.4 Å². The van der Waals surface area contributed by atoms with Crippen LogP contribution in [-0.4, -0.2) is 50.0 Å². The summed E-state index contributed by atoms with van der Waals surface area (Å²) in [7, 11) is -0.570. The first-order chi connectivity index (χ1) is 20.3. The fraction of sp³-hybridized carbons (Fsp3) is 0.448. The van der Waals surface area contributed by atoms with Crippen molar-refractivity contribution in [3.05, 3.63) is 98.8 Å². The molecule has 2 aromatic carbocycles. The lowest BCUT2D eigenvalue weighted by atomic mass is 10.1. The minimum atomic E-state index is -3.99. The van der Waals surface area contributed by atoms with Gasteiger partial charge in [0.05, 0.1) is 13.2 Å². The highest BCUT2D eigenvalue weighted by Crippen LogP contribution is 2.66. The zero-order valence-corrected chi connectivity index (χ0v) is 26.6. The molecule has 232 valence electrons. The maximum absolute atomic E-state index is 15.7. The fourth-order valence-electron chi connectivity index (χ4n) is 4.80. The van der Waals surface area contributed by atoms with Gasteiger partial charge in [-0.3, -0.25) is 23.4 Å². The monoisotopic (exact) mass is 651 g/mol. The summed E-state index contributed by atoms with van der Waals surface area (Å²) in [5.74, 6) is 0. The summed E-state index contributed by atoms with van der Waals surface area (Å²) in [4.78, 5) is 26.9. The van der Waals surface area contributed by atoms with E-state index in [1.54, 1.807) is 21.6 Å². The van der Waals surface area contributed by atoms with Gasteiger partial charge in [-0.25, -0.2) is 18.8 Å². The van der Waals surface area contributed by atoms with Gasteiger partial charge in [0.1, 0.15) is 11.7 Å². The molecule has 3 aromatic rings. The zero-order chi connectivity index (χ0) is 30.9. The van der Waals surface area contributed by atoms with Crippen LogP contribution in [0.25, 0.3) is 0 Å². The highest BCUT2D eigenvalue weighted by Gasteiger charge is 2.82. The molecule has 5 atom stereocenters. The van der Waals surface area contributed by atoms with E-state index in [2.05, 4.69) is 30.8 Å². The van der Waals surface area contributed by atoms with Crippen LogP contribution in [-0.2, 0) is 31.3 Å². The third-order valence-corrected chi connectivity index (χ3v) is 12.2. The molecule has 14 heteroatoms. The number of nitrogens with one attached hydrogen (secondary N) is 2. The Morgan fingerprint density at radius 3 is 2.58 bits per heavy atom. The summed E-state index contributed by atoms with van der Waals surface area (Å²) in [6.45, 7) is 6.19.